The van der Waals surface area contributed by atoms with E-state index in [0.29, 0.717) is 17.1 Å². The molecular weight excluding hydrogens is 366 g/mol. The Morgan fingerprint density at radius 3 is 2.81 bits per heavy atom. The van der Waals surface area contributed by atoms with Crippen molar-refractivity contribution in [3.05, 3.63) is 42.0 Å². The number of anilines is 2. The minimum atomic E-state index is -0.189. The Hall–Kier alpha value is -2.84. The van der Waals surface area contributed by atoms with E-state index in [-0.39, 0.29) is 12.7 Å². The molecule has 0 spiro atoms. The molecule has 3 aromatic rings. The number of hydrogen-bond donors (Lipinski definition) is 1. The molecule has 0 radical (unpaired) electrons. The van der Waals surface area contributed by atoms with Gasteiger partial charge in [-0.25, -0.2) is 4.98 Å². The third-order valence-corrected chi connectivity index (χ3v) is 5.63. The van der Waals surface area contributed by atoms with E-state index >= 15 is 0 Å². The molecule has 5 rings (SSSR count). The normalized spacial score (nSPS) is 15.9. The molecule has 0 saturated carbocycles. The van der Waals surface area contributed by atoms with Gasteiger partial charge in [0.15, 0.2) is 16.6 Å². The number of carbonyl (C=O) groups is 1. The summed E-state index contributed by atoms with van der Waals surface area (Å²) in [7, 11) is 0. The summed E-state index contributed by atoms with van der Waals surface area (Å²) < 4.78 is 17.1. The Kier molecular flexibility index (Phi) is 4.06. The maximum absolute atomic E-state index is 12.6. The first-order chi connectivity index (χ1) is 13.3. The van der Waals surface area contributed by atoms with E-state index in [4.69, 9.17) is 19.2 Å². The van der Waals surface area contributed by atoms with Crippen LogP contribution in [0, 0.1) is 0 Å². The Bertz CT molecular complexity index is 1010. The maximum Gasteiger partial charge on any atom is 0.255 e. The quantitative estimate of drug-likeness (QED) is 0.749. The molecular formula is C19H17N3O4S. The Labute approximate surface area is 159 Å². The van der Waals surface area contributed by atoms with Crippen LogP contribution in [-0.4, -0.2) is 44.0 Å². The van der Waals surface area contributed by atoms with Crippen LogP contribution in [0.25, 0.3) is 10.2 Å². The third kappa shape index (κ3) is 3.17. The number of thiazole rings is 1. The summed E-state index contributed by atoms with van der Waals surface area (Å²) in [5, 5.41) is 3.93. The fourth-order valence-corrected chi connectivity index (χ4v) is 4.18. The van der Waals surface area contributed by atoms with Crippen LogP contribution in [0.5, 0.6) is 11.5 Å². The summed E-state index contributed by atoms with van der Waals surface area (Å²) in [5.74, 6) is 1.06. The van der Waals surface area contributed by atoms with E-state index in [2.05, 4.69) is 10.2 Å². The molecule has 3 heterocycles. The average molecular weight is 383 g/mol. The lowest BCUT2D eigenvalue weighted by atomic mass is 10.2. The highest BCUT2D eigenvalue weighted by molar-refractivity contribution is 7.22. The van der Waals surface area contributed by atoms with Crippen LogP contribution in [0.4, 0.5) is 10.8 Å². The van der Waals surface area contributed by atoms with Gasteiger partial charge < -0.3 is 24.4 Å². The smallest absolute Gasteiger partial charge is 0.255 e. The number of carbonyl (C=O) groups excluding carboxylic acids is 1. The van der Waals surface area contributed by atoms with Crippen molar-refractivity contribution in [1.82, 2.24) is 4.98 Å². The monoisotopic (exact) mass is 383 g/mol. The molecule has 0 unspecified atom stereocenters. The molecule has 0 atom stereocenters. The van der Waals surface area contributed by atoms with Crippen LogP contribution in [0.15, 0.2) is 36.4 Å². The Morgan fingerprint density at radius 2 is 1.93 bits per heavy atom. The molecule has 2 aromatic carbocycles. The zero-order valence-corrected chi connectivity index (χ0v) is 15.3. The number of benzene rings is 2. The zero-order chi connectivity index (χ0) is 18.2. The zero-order valence-electron chi connectivity index (χ0n) is 14.4. The fraction of sp³-hybridized carbons (Fsp3) is 0.263. The standard InChI is InChI=1S/C19H17N3O4S/c23-18(12-1-4-15-16(9-12)26-11-25-15)20-13-2-3-14-17(10-13)27-19(21-14)22-5-7-24-8-6-22/h1-4,9-10H,5-8,11H2,(H,20,23). The molecule has 0 bridgehead atoms. The van der Waals surface area contributed by atoms with Crippen molar-refractivity contribution in [2.75, 3.05) is 43.3 Å². The lowest BCUT2D eigenvalue weighted by Gasteiger charge is -2.25. The number of morpholine rings is 1. The summed E-state index contributed by atoms with van der Waals surface area (Å²) in [5.41, 5.74) is 2.20. The van der Waals surface area contributed by atoms with Crippen LogP contribution < -0.4 is 19.7 Å². The number of hydrogen-bond acceptors (Lipinski definition) is 7. The topological polar surface area (TPSA) is 72.9 Å². The molecule has 1 aromatic heterocycles. The summed E-state index contributed by atoms with van der Waals surface area (Å²) in [4.78, 5) is 19.5. The molecule has 27 heavy (non-hydrogen) atoms. The van der Waals surface area contributed by atoms with Crippen LogP contribution >= 0.6 is 11.3 Å². The van der Waals surface area contributed by atoms with Crippen LogP contribution in [-0.2, 0) is 4.74 Å². The van der Waals surface area contributed by atoms with Crippen molar-refractivity contribution in [3.8, 4) is 11.5 Å². The summed E-state index contributed by atoms with van der Waals surface area (Å²) in [6.07, 6.45) is 0. The van der Waals surface area contributed by atoms with Gasteiger partial charge in [0.1, 0.15) is 0 Å². The second-order valence-corrected chi connectivity index (χ2v) is 7.31. The number of rotatable bonds is 3. The minimum absolute atomic E-state index is 0.188. The van der Waals surface area contributed by atoms with Crippen molar-refractivity contribution in [2.45, 2.75) is 0 Å². The van der Waals surface area contributed by atoms with Crippen LogP contribution in [0.1, 0.15) is 10.4 Å². The fourth-order valence-electron chi connectivity index (χ4n) is 3.12. The average Bonchev–Trinajstić information content (AvgIpc) is 3.34. The van der Waals surface area contributed by atoms with E-state index in [1.807, 2.05) is 18.2 Å². The van der Waals surface area contributed by atoms with Gasteiger partial charge in [0.05, 0.1) is 23.4 Å². The predicted molar refractivity (Wildman–Crippen MR) is 103 cm³/mol. The molecule has 2 aliphatic rings. The van der Waals surface area contributed by atoms with Gasteiger partial charge >= 0.3 is 0 Å². The minimum Gasteiger partial charge on any atom is -0.454 e. The third-order valence-electron chi connectivity index (χ3n) is 4.55. The number of nitrogens with zero attached hydrogens (tertiary/aromatic N) is 2. The molecule has 138 valence electrons. The van der Waals surface area contributed by atoms with Gasteiger partial charge in [0.25, 0.3) is 5.91 Å². The number of ether oxygens (including phenoxy) is 3. The maximum atomic E-state index is 12.6. The van der Waals surface area contributed by atoms with Crippen molar-refractivity contribution >= 4 is 38.3 Å². The van der Waals surface area contributed by atoms with Gasteiger partial charge in [-0.3, -0.25) is 4.79 Å². The van der Waals surface area contributed by atoms with Gasteiger partial charge in [-0.2, -0.15) is 0 Å². The van der Waals surface area contributed by atoms with E-state index < -0.39 is 0 Å². The molecule has 7 nitrogen and oxygen atoms in total. The molecule has 8 heteroatoms. The first kappa shape index (κ1) is 16.3. The molecule has 1 saturated heterocycles. The molecule has 1 amide bonds. The van der Waals surface area contributed by atoms with Crippen molar-refractivity contribution in [2.24, 2.45) is 0 Å². The van der Waals surface area contributed by atoms with Crippen molar-refractivity contribution in [1.29, 1.82) is 0 Å². The van der Waals surface area contributed by atoms with E-state index in [1.54, 1.807) is 29.5 Å². The first-order valence-corrected chi connectivity index (χ1v) is 9.52. The van der Waals surface area contributed by atoms with E-state index in [0.717, 1.165) is 47.3 Å². The molecule has 0 aliphatic carbocycles. The van der Waals surface area contributed by atoms with Gasteiger partial charge in [0.2, 0.25) is 6.79 Å². The van der Waals surface area contributed by atoms with Gasteiger partial charge in [-0.15, -0.1) is 0 Å². The van der Waals surface area contributed by atoms with Crippen molar-refractivity contribution in [3.63, 3.8) is 0 Å². The van der Waals surface area contributed by atoms with Crippen LogP contribution in [0.3, 0.4) is 0 Å². The second-order valence-electron chi connectivity index (χ2n) is 6.30. The number of fused-ring (bicyclic) bond motifs is 2. The largest absolute Gasteiger partial charge is 0.454 e. The van der Waals surface area contributed by atoms with Crippen LogP contribution in [0.2, 0.25) is 0 Å². The summed E-state index contributed by atoms with van der Waals surface area (Å²) >= 11 is 1.63. The highest BCUT2D eigenvalue weighted by Gasteiger charge is 2.18. The first-order valence-electron chi connectivity index (χ1n) is 8.70. The van der Waals surface area contributed by atoms with Crippen molar-refractivity contribution < 1.29 is 19.0 Å². The SMILES string of the molecule is O=C(Nc1ccc2nc(N3CCOCC3)sc2c1)c1ccc2c(c1)OCO2. The number of aromatic nitrogens is 1. The highest BCUT2D eigenvalue weighted by atomic mass is 32.1. The second kappa shape index (κ2) is 6.71. The Morgan fingerprint density at radius 1 is 1.07 bits per heavy atom. The predicted octanol–water partition coefficient (Wildman–Crippen LogP) is 3.11. The van der Waals surface area contributed by atoms with Gasteiger partial charge in [-0.1, -0.05) is 11.3 Å². The summed E-state index contributed by atoms with van der Waals surface area (Å²) in [6, 6.07) is 10.9. The van der Waals surface area contributed by atoms with Gasteiger partial charge in [0, 0.05) is 24.3 Å². The lowest BCUT2D eigenvalue weighted by Crippen LogP contribution is -2.36. The highest BCUT2D eigenvalue weighted by Crippen LogP contribution is 2.33. The Balaban J connectivity index is 1.36. The number of nitrogens with one attached hydrogen (secondary N) is 1. The molecule has 2 aliphatic heterocycles. The molecule has 1 N–H and O–H groups in total. The van der Waals surface area contributed by atoms with E-state index in [9.17, 15) is 4.79 Å². The number of amides is 1. The molecule has 1 fully saturated rings. The van der Waals surface area contributed by atoms with Gasteiger partial charge in [-0.05, 0) is 36.4 Å². The lowest BCUT2D eigenvalue weighted by molar-refractivity contribution is 0.102. The summed E-state index contributed by atoms with van der Waals surface area (Å²) in [6.45, 7) is 3.36. The van der Waals surface area contributed by atoms with E-state index in [1.165, 1.54) is 0 Å².